The number of benzene rings is 1. The predicted octanol–water partition coefficient (Wildman–Crippen LogP) is 1.79. The summed E-state index contributed by atoms with van der Waals surface area (Å²) in [7, 11) is 0. The summed E-state index contributed by atoms with van der Waals surface area (Å²) >= 11 is 0. The van der Waals surface area contributed by atoms with Crippen LogP contribution in [0, 0.1) is 0 Å². The molecule has 1 aliphatic heterocycles. The van der Waals surface area contributed by atoms with Crippen LogP contribution in [-0.2, 0) is 12.8 Å². The maximum atomic E-state index is 11.3. The summed E-state index contributed by atoms with van der Waals surface area (Å²) in [6.45, 7) is 0.219. The van der Waals surface area contributed by atoms with Gasteiger partial charge in [0, 0.05) is 17.3 Å². The number of rotatable bonds is 2. The van der Waals surface area contributed by atoms with E-state index in [0.29, 0.717) is 11.5 Å². The molecule has 0 saturated carbocycles. The molecule has 0 bridgehead atoms. The molecule has 0 fully saturated rings. The first-order valence-corrected chi connectivity index (χ1v) is 6.48. The number of ether oxygens (including phenoxy) is 2. The Kier molecular flexibility index (Phi) is 2.26. The van der Waals surface area contributed by atoms with Crippen LogP contribution >= 0.6 is 0 Å². The lowest BCUT2D eigenvalue weighted by Gasteiger charge is -2.06. The van der Waals surface area contributed by atoms with Gasteiger partial charge in [0.15, 0.2) is 17.2 Å². The largest absolute Gasteiger partial charge is 0.476 e. The van der Waals surface area contributed by atoms with Gasteiger partial charge in [0.1, 0.15) is 0 Å². The standard InChI is InChI=1S/C14H12N2O4/c17-14(18)13-9-2-1-3-10(9)16(15-13)8-4-5-11-12(6-8)20-7-19-11/h4-6H,1-3,7H2,(H,17,18). The lowest BCUT2D eigenvalue weighted by Crippen LogP contribution is -2.04. The highest BCUT2D eigenvalue weighted by Crippen LogP contribution is 2.35. The second kappa shape index (κ2) is 4.00. The number of hydrogen-bond donors (Lipinski definition) is 1. The van der Waals surface area contributed by atoms with E-state index in [1.807, 2.05) is 18.2 Å². The normalized spacial score (nSPS) is 15.4. The number of carbonyl (C=O) groups is 1. The minimum atomic E-state index is -0.970. The van der Waals surface area contributed by atoms with Crippen LogP contribution in [0.4, 0.5) is 0 Å². The molecule has 1 aliphatic carbocycles. The molecular formula is C14H12N2O4. The third-order valence-electron chi connectivity index (χ3n) is 3.73. The summed E-state index contributed by atoms with van der Waals surface area (Å²) in [5, 5.41) is 13.5. The zero-order valence-corrected chi connectivity index (χ0v) is 10.6. The molecule has 20 heavy (non-hydrogen) atoms. The van der Waals surface area contributed by atoms with Gasteiger partial charge >= 0.3 is 5.97 Å². The smallest absolute Gasteiger partial charge is 0.356 e. The van der Waals surface area contributed by atoms with Gasteiger partial charge in [0.2, 0.25) is 6.79 Å². The zero-order valence-electron chi connectivity index (χ0n) is 10.6. The molecule has 0 unspecified atom stereocenters. The molecule has 4 rings (SSSR count). The molecule has 1 N–H and O–H groups in total. The Morgan fingerprint density at radius 2 is 2.10 bits per heavy atom. The monoisotopic (exact) mass is 272 g/mol. The van der Waals surface area contributed by atoms with E-state index >= 15 is 0 Å². The van der Waals surface area contributed by atoms with Crippen LogP contribution in [0.5, 0.6) is 11.5 Å². The van der Waals surface area contributed by atoms with E-state index in [0.717, 1.165) is 36.2 Å². The van der Waals surface area contributed by atoms with Gasteiger partial charge in [-0.3, -0.25) is 0 Å². The molecule has 0 amide bonds. The molecule has 0 radical (unpaired) electrons. The first kappa shape index (κ1) is 11.3. The Hall–Kier alpha value is -2.50. The van der Waals surface area contributed by atoms with Crippen molar-refractivity contribution in [3.05, 3.63) is 35.2 Å². The minimum Gasteiger partial charge on any atom is -0.476 e. The van der Waals surface area contributed by atoms with Gasteiger partial charge in [-0.15, -0.1) is 0 Å². The molecule has 2 heterocycles. The molecular weight excluding hydrogens is 260 g/mol. The first-order chi connectivity index (χ1) is 9.74. The van der Waals surface area contributed by atoms with E-state index in [-0.39, 0.29) is 12.5 Å². The fourth-order valence-electron chi connectivity index (χ4n) is 2.84. The van der Waals surface area contributed by atoms with E-state index < -0.39 is 5.97 Å². The summed E-state index contributed by atoms with van der Waals surface area (Å²) in [6, 6.07) is 5.52. The maximum Gasteiger partial charge on any atom is 0.356 e. The second-order valence-electron chi connectivity index (χ2n) is 4.88. The Morgan fingerprint density at radius 3 is 2.95 bits per heavy atom. The van der Waals surface area contributed by atoms with Crippen molar-refractivity contribution in [1.29, 1.82) is 0 Å². The van der Waals surface area contributed by atoms with Gasteiger partial charge in [-0.1, -0.05) is 0 Å². The van der Waals surface area contributed by atoms with Crippen LogP contribution in [-0.4, -0.2) is 27.6 Å². The quantitative estimate of drug-likeness (QED) is 0.902. The van der Waals surface area contributed by atoms with Gasteiger partial charge in [-0.05, 0) is 31.4 Å². The van der Waals surface area contributed by atoms with E-state index in [2.05, 4.69) is 5.10 Å². The Balaban J connectivity index is 1.87. The van der Waals surface area contributed by atoms with Crippen molar-refractivity contribution >= 4 is 5.97 Å². The number of carboxylic acids is 1. The van der Waals surface area contributed by atoms with Crippen molar-refractivity contribution in [3.63, 3.8) is 0 Å². The fourth-order valence-corrected chi connectivity index (χ4v) is 2.84. The highest BCUT2D eigenvalue weighted by Gasteiger charge is 2.27. The maximum absolute atomic E-state index is 11.3. The summed E-state index contributed by atoms with van der Waals surface area (Å²) < 4.78 is 12.3. The third-order valence-corrected chi connectivity index (χ3v) is 3.73. The molecule has 0 saturated heterocycles. The van der Waals surface area contributed by atoms with Gasteiger partial charge in [-0.2, -0.15) is 5.10 Å². The Bertz CT molecular complexity index is 720. The highest BCUT2D eigenvalue weighted by atomic mass is 16.7. The molecule has 2 aliphatic rings. The molecule has 1 aromatic carbocycles. The average molecular weight is 272 g/mol. The molecule has 0 atom stereocenters. The molecule has 102 valence electrons. The van der Waals surface area contributed by atoms with Crippen LogP contribution < -0.4 is 9.47 Å². The number of nitrogens with zero attached hydrogens (tertiary/aromatic N) is 2. The predicted molar refractivity (Wildman–Crippen MR) is 68.7 cm³/mol. The Morgan fingerprint density at radius 1 is 1.25 bits per heavy atom. The van der Waals surface area contributed by atoms with Crippen molar-refractivity contribution in [1.82, 2.24) is 9.78 Å². The van der Waals surface area contributed by atoms with Crippen molar-refractivity contribution in [2.75, 3.05) is 6.79 Å². The van der Waals surface area contributed by atoms with E-state index in [4.69, 9.17) is 9.47 Å². The highest BCUT2D eigenvalue weighted by molar-refractivity contribution is 5.87. The van der Waals surface area contributed by atoms with Crippen LogP contribution in [0.15, 0.2) is 18.2 Å². The molecule has 6 heteroatoms. The molecule has 6 nitrogen and oxygen atoms in total. The SMILES string of the molecule is O=C(O)c1nn(-c2ccc3c(c2)OCO3)c2c1CCC2. The van der Waals surface area contributed by atoms with Crippen LogP contribution in [0.1, 0.15) is 28.2 Å². The number of hydrogen-bond acceptors (Lipinski definition) is 4. The lowest BCUT2D eigenvalue weighted by molar-refractivity contribution is 0.0689. The van der Waals surface area contributed by atoms with Crippen LogP contribution in [0.25, 0.3) is 5.69 Å². The first-order valence-electron chi connectivity index (χ1n) is 6.48. The number of aromatic nitrogens is 2. The summed E-state index contributed by atoms with van der Waals surface area (Å²) in [4.78, 5) is 11.3. The van der Waals surface area contributed by atoms with Gasteiger partial charge in [-0.25, -0.2) is 9.48 Å². The van der Waals surface area contributed by atoms with Crippen molar-refractivity contribution in [2.45, 2.75) is 19.3 Å². The zero-order chi connectivity index (χ0) is 13.7. The second-order valence-corrected chi connectivity index (χ2v) is 4.88. The number of fused-ring (bicyclic) bond motifs is 2. The average Bonchev–Trinajstić information content (AvgIpc) is 3.12. The Labute approximate surface area is 114 Å². The van der Waals surface area contributed by atoms with E-state index in [9.17, 15) is 9.90 Å². The van der Waals surface area contributed by atoms with Gasteiger partial charge in [0.05, 0.1) is 5.69 Å². The van der Waals surface area contributed by atoms with Crippen molar-refractivity contribution < 1.29 is 19.4 Å². The third kappa shape index (κ3) is 1.51. The van der Waals surface area contributed by atoms with E-state index in [1.165, 1.54) is 0 Å². The van der Waals surface area contributed by atoms with Crippen LogP contribution in [0.3, 0.4) is 0 Å². The van der Waals surface area contributed by atoms with E-state index in [1.54, 1.807) is 4.68 Å². The lowest BCUT2D eigenvalue weighted by atomic mass is 10.2. The van der Waals surface area contributed by atoms with Crippen LogP contribution in [0.2, 0.25) is 0 Å². The van der Waals surface area contributed by atoms with Gasteiger partial charge in [0.25, 0.3) is 0 Å². The molecule has 0 spiro atoms. The van der Waals surface area contributed by atoms with Crippen molar-refractivity contribution in [2.24, 2.45) is 0 Å². The fraction of sp³-hybridized carbons (Fsp3) is 0.286. The topological polar surface area (TPSA) is 73.6 Å². The number of aromatic carboxylic acids is 1. The molecule has 2 aromatic rings. The molecule has 1 aromatic heterocycles. The number of carboxylic acid groups (broad SMARTS) is 1. The summed E-state index contributed by atoms with van der Waals surface area (Å²) in [5.41, 5.74) is 2.81. The summed E-state index contributed by atoms with van der Waals surface area (Å²) in [5.74, 6) is 0.403. The minimum absolute atomic E-state index is 0.162. The summed E-state index contributed by atoms with van der Waals surface area (Å²) in [6.07, 6.45) is 2.60. The van der Waals surface area contributed by atoms with Crippen molar-refractivity contribution in [3.8, 4) is 17.2 Å². The van der Waals surface area contributed by atoms with Gasteiger partial charge < -0.3 is 14.6 Å².